The van der Waals surface area contributed by atoms with Gasteiger partial charge in [0, 0.05) is 19.0 Å². The molecular formula is C21H26N4O4. The second kappa shape index (κ2) is 11.4. The van der Waals surface area contributed by atoms with Crippen LogP contribution in [0, 0.1) is 0 Å². The summed E-state index contributed by atoms with van der Waals surface area (Å²) in [6.07, 6.45) is 7.36. The molecule has 8 nitrogen and oxygen atoms in total. The molecule has 0 bridgehead atoms. The third-order valence-corrected chi connectivity index (χ3v) is 4.02. The number of rotatable bonds is 11. The van der Waals surface area contributed by atoms with E-state index in [4.69, 9.17) is 4.74 Å². The van der Waals surface area contributed by atoms with Gasteiger partial charge in [-0.25, -0.2) is 0 Å². The number of aromatic nitrogens is 3. The predicted molar refractivity (Wildman–Crippen MR) is 111 cm³/mol. The first-order valence-corrected chi connectivity index (χ1v) is 9.53. The first-order valence-electron chi connectivity index (χ1n) is 9.53. The number of aliphatic hydroxyl groups is 1. The van der Waals surface area contributed by atoms with Gasteiger partial charge in [0.2, 0.25) is 5.91 Å². The summed E-state index contributed by atoms with van der Waals surface area (Å²) in [6.45, 7) is 5.93. The van der Waals surface area contributed by atoms with Crippen LogP contribution >= 0.6 is 0 Å². The highest BCUT2D eigenvalue weighted by Crippen LogP contribution is 2.13. The fourth-order valence-corrected chi connectivity index (χ4v) is 2.38. The highest BCUT2D eigenvalue weighted by atomic mass is 16.5. The summed E-state index contributed by atoms with van der Waals surface area (Å²) in [6, 6.07) is 7.35. The summed E-state index contributed by atoms with van der Waals surface area (Å²) in [4.78, 5) is 24.0. The molecule has 1 aromatic carbocycles. The number of carbonyl (C=O) groups excluding carboxylic acids is 2. The number of carbonyl (C=O) groups is 2. The van der Waals surface area contributed by atoms with Gasteiger partial charge < -0.3 is 15.2 Å². The first-order chi connectivity index (χ1) is 14.0. The highest BCUT2D eigenvalue weighted by molar-refractivity contribution is 5.77. The Hall–Kier alpha value is -3.42. The molecule has 1 aromatic heterocycles. The number of ether oxygens (including phenoxy) is 1. The quantitative estimate of drug-likeness (QED) is 0.260. The zero-order valence-corrected chi connectivity index (χ0v) is 16.5. The van der Waals surface area contributed by atoms with Crippen LogP contribution in [-0.2, 0) is 14.3 Å². The normalized spacial score (nSPS) is 11.7. The Kier molecular flexibility index (Phi) is 8.62. The van der Waals surface area contributed by atoms with E-state index >= 15 is 0 Å². The van der Waals surface area contributed by atoms with Crippen molar-refractivity contribution in [2.75, 3.05) is 6.61 Å². The van der Waals surface area contributed by atoms with Crippen molar-refractivity contribution in [3.05, 3.63) is 55.0 Å². The highest BCUT2D eigenvalue weighted by Gasteiger charge is 2.07. The first kappa shape index (κ1) is 21.9. The zero-order valence-electron chi connectivity index (χ0n) is 16.5. The SMILES string of the molecule is C=C(/C(O)=C\C=C\NC(=O)CCCCCOC(=O)CC)n1nc2ccccc2n1. The molecule has 0 atom stereocenters. The lowest BCUT2D eigenvalue weighted by molar-refractivity contribution is -0.143. The molecule has 2 aromatic rings. The number of nitrogens with one attached hydrogen (secondary N) is 1. The molecule has 0 spiro atoms. The zero-order chi connectivity index (χ0) is 21.1. The molecule has 29 heavy (non-hydrogen) atoms. The number of amides is 1. The van der Waals surface area contributed by atoms with E-state index in [1.165, 1.54) is 23.1 Å². The monoisotopic (exact) mass is 398 g/mol. The van der Waals surface area contributed by atoms with Crippen LogP contribution in [0.15, 0.2) is 55.0 Å². The number of unbranched alkanes of at least 4 members (excludes halogenated alkanes) is 2. The molecule has 1 amide bonds. The van der Waals surface area contributed by atoms with Gasteiger partial charge in [-0.15, -0.1) is 15.0 Å². The second-order valence-corrected chi connectivity index (χ2v) is 6.29. The summed E-state index contributed by atoms with van der Waals surface area (Å²) in [5.41, 5.74) is 1.63. The predicted octanol–water partition coefficient (Wildman–Crippen LogP) is 3.49. The van der Waals surface area contributed by atoms with Crippen molar-refractivity contribution < 1.29 is 19.4 Å². The number of hydrogen-bond acceptors (Lipinski definition) is 6. The van der Waals surface area contributed by atoms with Crippen LogP contribution in [0.5, 0.6) is 0 Å². The largest absolute Gasteiger partial charge is 0.506 e. The van der Waals surface area contributed by atoms with Crippen molar-refractivity contribution in [1.82, 2.24) is 20.3 Å². The standard InChI is InChI=1S/C21H26N4O4/c1-3-21(28)29-15-8-4-5-13-20(27)22-14-9-12-19(26)16(2)25-23-17-10-6-7-11-18(17)24-25/h6-7,9-12,14,26H,2-5,8,13,15H2,1H3,(H,22,27)/b14-9+,19-12+. The lowest BCUT2D eigenvalue weighted by Crippen LogP contribution is -2.16. The summed E-state index contributed by atoms with van der Waals surface area (Å²) in [5.74, 6) is -0.445. The molecule has 2 rings (SSSR count). The lowest BCUT2D eigenvalue weighted by Gasteiger charge is -2.03. The maximum atomic E-state index is 11.8. The van der Waals surface area contributed by atoms with Gasteiger partial charge in [-0.1, -0.05) is 25.6 Å². The van der Waals surface area contributed by atoms with E-state index in [0.29, 0.717) is 36.9 Å². The lowest BCUT2D eigenvalue weighted by atomic mass is 10.2. The number of nitrogens with zero attached hydrogens (tertiary/aromatic N) is 3. The molecule has 0 fully saturated rings. The van der Waals surface area contributed by atoms with E-state index < -0.39 is 0 Å². The molecule has 154 valence electrons. The Bertz CT molecular complexity index is 881. The maximum absolute atomic E-state index is 11.8. The third-order valence-electron chi connectivity index (χ3n) is 4.02. The average Bonchev–Trinajstić information content (AvgIpc) is 3.16. The Morgan fingerprint density at radius 2 is 1.90 bits per heavy atom. The van der Waals surface area contributed by atoms with Gasteiger partial charge in [-0.2, -0.15) is 0 Å². The van der Waals surface area contributed by atoms with Crippen LogP contribution in [0.25, 0.3) is 16.7 Å². The van der Waals surface area contributed by atoms with E-state index in [2.05, 4.69) is 22.1 Å². The molecule has 2 N–H and O–H groups in total. The summed E-state index contributed by atoms with van der Waals surface area (Å²) >= 11 is 0. The van der Waals surface area contributed by atoms with Crippen molar-refractivity contribution in [2.45, 2.75) is 39.0 Å². The molecule has 0 radical (unpaired) electrons. The Morgan fingerprint density at radius 3 is 2.55 bits per heavy atom. The molecule has 0 aliphatic carbocycles. The number of esters is 1. The van der Waals surface area contributed by atoms with Gasteiger partial charge in [0.15, 0.2) is 0 Å². The minimum absolute atomic E-state index is 0.113. The number of fused-ring (bicyclic) bond motifs is 1. The number of benzene rings is 1. The summed E-state index contributed by atoms with van der Waals surface area (Å²) in [7, 11) is 0. The van der Waals surface area contributed by atoms with Crippen LogP contribution in [0.4, 0.5) is 0 Å². The number of allylic oxidation sites excluding steroid dienone is 3. The van der Waals surface area contributed by atoms with Gasteiger partial charge >= 0.3 is 5.97 Å². The fraction of sp³-hybridized carbons (Fsp3) is 0.333. The smallest absolute Gasteiger partial charge is 0.305 e. The van der Waals surface area contributed by atoms with Crippen LogP contribution in [0.2, 0.25) is 0 Å². The molecule has 0 saturated heterocycles. The van der Waals surface area contributed by atoms with Gasteiger partial charge in [0.1, 0.15) is 22.5 Å². The molecular weight excluding hydrogens is 372 g/mol. The van der Waals surface area contributed by atoms with E-state index in [0.717, 1.165) is 12.8 Å². The average molecular weight is 398 g/mol. The molecule has 0 aliphatic rings. The molecule has 8 heteroatoms. The van der Waals surface area contributed by atoms with E-state index in [-0.39, 0.29) is 23.3 Å². The van der Waals surface area contributed by atoms with Gasteiger partial charge in [-0.3, -0.25) is 9.59 Å². The number of hydrogen-bond donors (Lipinski definition) is 2. The van der Waals surface area contributed by atoms with Crippen molar-refractivity contribution >= 4 is 28.6 Å². The van der Waals surface area contributed by atoms with Crippen LogP contribution in [0.3, 0.4) is 0 Å². The van der Waals surface area contributed by atoms with Crippen LogP contribution in [-0.4, -0.2) is 38.6 Å². The fourth-order valence-electron chi connectivity index (χ4n) is 2.38. The van der Waals surface area contributed by atoms with Gasteiger partial charge in [0.05, 0.1) is 6.61 Å². The molecule has 1 heterocycles. The van der Waals surface area contributed by atoms with Crippen molar-refractivity contribution in [1.29, 1.82) is 0 Å². The van der Waals surface area contributed by atoms with Crippen LogP contribution in [0.1, 0.15) is 39.0 Å². The minimum Gasteiger partial charge on any atom is -0.506 e. The number of aliphatic hydroxyl groups excluding tert-OH is 1. The van der Waals surface area contributed by atoms with Crippen LogP contribution < -0.4 is 5.32 Å². The minimum atomic E-state index is -0.205. The maximum Gasteiger partial charge on any atom is 0.305 e. The summed E-state index contributed by atoms with van der Waals surface area (Å²) < 4.78 is 4.97. The topological polar surface area (TPSA) is 106 Å². The Balaban J connectivity index is 1.69. The van der Waals surface area contributed by atoms with E-state index in [1.54, 1.807) is 6.92 Å². The summed E-state index contributed by atoms with van der Waals surface area (Å²) in [5, 5.41) is 21.2. The van der Waals surface area contributed by atoms with Crippen molar-refractivity contribution in [3.8, 4) is 0 Å². The molecule has 0 aliphatic heterocycles. The van der Waals surface area contributed by atoms with Gasteiger partial charge in [0.25, 0.3) is 0 Å². The Labute approximate surface area is 169 Å². The van der Waals surface area contributed by atoms with Crippen molar-refractivity contribution in [3.63, 3.8) is 0 Å². The second-order valence-electron chi connectivity index (χ2n) is 6.29. The van der Waals surface area contributed by atoms with Gasteiger partial charge in [-0.05, 0) is 43.5 Å². The third kappa shape index (κ3) is 7.25. The van der Waals surface area contributed by atoms with E-state index in [1.807, 2.05) is 24.3 Å². The van der Waals surface area contributed by atoms with E-state index in [9.17, 15) is 14.7 Å². The van der Waals surface area contributed by atoms with Crippen molar-refractivity contribution in [2.24, 2.45) is 0 Å². The molecule has 0 saturated carbocycles. The Morgan fingerprint density at radius 1 is 1.21 bits per heavy atom. The molecule has 0 unspecified atom stereocenters.